The summed E-state index contributed by atoms with van der Waals surface area (Å²) in [4.78, 5) is 11.5. The van der Waals surface area contributed by atoms with Gasteiger partial charge in [0.05, 0.1) is 18.8 Å². The molecule has 100 valence electrons. The molecular weight excluding hydrogens is 325 g/mol. The van der Waals surface area contributed by atoms with Gasteiger partial charge in [-0.3, -0.25) is 0 Å². The van der Waals surface area contributed by atoms with Crippen LogP contribution in [0.15, 0.2) is 12.1 Å². The highest BCUT2D eigenvalue weighted by Gasteiger charge is 2.23. The number of aliphatic hydroxyl groups excluding tert-OH is 2. The molecule has 0 spiro atoms. The molecule has 2 unspecified atom stereocenters. The van der Waals surface area contributed by atoms with E-state index in [2.05, 4.69) is 20.7 Å². The summed E-state index contributed by atoms with van der Waals surface area (Å²) in [5.74, 6) is -0.633. The molecule has 1 rings (SSSR count). The number of carbonyl (C=O) groups is 1. The van der Waals surface area contributed by atoms with Crippen LogP contribution >= 0.6 is 27.5 Å². The van der Waals surface area contributed by atoms with Crippen molar-refractivity contribution in [2.45, 2.75) is 12.2 Å². The molecule has 7 heteroatoms. The number of nitrogen functional groups attached to an aromatic ring is 1. The first-order valence-corrected chi connectivity index (χ1v) is 6.51. The van der Waals surface area contributed by atoms with Crippen molar-refractivity contribution >= 4 is 39.2 Å². The zero-order chi connectivity index (χ0) is 13.9. The predicted octanol–water partition coefficient (Wildman–Crippen LogP) is 1.50. The number of benzene rings is 1. The van der Waals surface area contributed by atoms with Crippen LogP contribution < -0.4 is 5.73 Å². The van der Waals surface area contributed by atoms with Crippen molar-refractivity contribution in [2.75, 3.05) is 18.2 Å². The van der Waals surface area contributed by atoms with Gasteiger partial charge >= 0.3 is 5.97 Å². The quantitative estimate of drug-likeness (QED) is 0.439. The average molecular weight is 339 g/mol. The van der Waals surface area contributed by atoms with Gasteiger partial charge in [0.25, 0.3) is 0 Å². The lowest BCUT2D eigenvalue weighted by atomic mass is 10.0. The van der Waals surface area contributed by atoms with Crippen LogP contribution in [0.1, 0.15) is 22.0 Å². The molecule has 2 atom stereocenters. The molecule has 0 aliphatic heterocycles. The number of alkyl halides is 1. The molecule has 1 aromatic carbocycles. The zero-order valence-electron chi connectivity index (χ0n) is 9.56. The third kappa shape index (κ3) is 3.14. The van der Waals surface area contributed by atoms with Crippen molar-refractivity contribution < 1.29 is 19.7 Å². The van der Waals surface area contributed by atoms with E-state index in [9.17, 15) is 15.0 Å². The summed E-state index contributed by atoms with van der Waals surface area (Å²) in [5.41, 5.74) is 6.10. The van der Waals surface area contributed by atoms with E-state index >= 15 is 0 Å². The molecule has 0 amide bonds. The molecule has 0 aliphatic rings. The number of halogens is 2. The Balaban J connectivity index is 3.24. The van der Waals surface area contributed by atoms with E-state index in [1.165, 1.54) is 19.2 Å². The van der Waals surface area contributed by atoms with Gasteiger partial charge in [-0.25, -0.2) is 4.79 Å². The predicted molar refractivity (Wildman–Crippen MR) is 72.0 cm³/mol. The van der Waals surface area contributed by atoms with E-state index in [0.717, 1.165) is 0 Å². The minimum atomic E-state index is -1.22. The highest BCUT2D eigenvalue weighted by Crippen LogP contribution is 2.30. The Kier molecular flexibility index (Phi) is 5.40. The van der Waals surface area contributed by atoms with Crippen LogP contribution in [-0.2, 0) is 4.74 Å². The summed E-state index contributed by atoms with van der Waals surface area (Å²) in [5, 5.41) is 19.8. The fraction of sp³-hybridized carbons (Fsp3) is 0.364. The summed E-state index contributed by atoms with van der Waals surface area (Å²) in [7, 11) is 1.22. The number of esters is 1. The molecule has 0 bridgehead atoms. The lowest BCUT2D eigenvalue weighted by Gasteiger charge is -2.18. The topological polar surface area (TPSA) is 92.8 Å². The number of nitrogens with two attached hydrogens (primary N) is 1. The van der Waals surface area contributed by atoms with Crippen LogP contribution in [0.2, 0.25) is 5.02 Å². The number of anilines is 1. The Hall–Kier alpha value is -0.820. The van der Waals surface area contributed by atoms with E-state index in [4.69, 9.17) is 17.3 Å². The Morgan fingerprint density at radius 2 is 2.17 bits per heavy atom. The molecule has 0 fully saturated rings. The van der Waals surface area contributed by atoms with Gasteiger partial charge < -0.3 is 20.7 Å². The SMILES string of the molecule is COC(=O)c1cc(C(O)C(O)CBr)c(Cl)cc1N. The second kappa shape index (κ2) is 6.38. The molecular formula is C11H13BrClNO4. The fourth-order valence-electron chi connectivity index (χ4n) is 1.41. The van der Waals surface area contributed by atoms with Crippen LogP contribution in [-0.4, -0.2) is 34.7 Å². The fourth-order valence-corrected chi connectivity index (χ4v) is 2.05. The van der Waals surface area contributed by atoms with Crippen LogP contribution in [0.25, 0.3) is 0 Å². The van der Waals surface area contributed by atoms with Crippen LogP contribution in [0.5, 0.6) is 0 Å². The molecule has 1 aromatic rings. The minimum absolute atomic E-state index is 0.0951. The van der Waals surface area contributed by atoms with Crippen molar-refractivity contribution in [1.29, 1.82) is 0 Å². The number of hydrogen-bond donors (Lipinski definition) is 3. The van der Waals surface area contributed by atoms with E-state index in [0.29, 0.717) is 0 Å². The Morgan fingerprint density at radius 3 is 2.67 bits per heavy atom. The zero-order valence-corrected chi connectivity index (χ0v) is 11.9. The number of ether oxygens (including phenoxy) is 1. The first-order chi connectivity index (χ1) is 8.42. The van der Waals surface area contributed by atoms with Crippen molar-refractivity contribution in [3.63, 3.8) is 0 Å². The summed E-state index contributed by atoms with van der Waals surface area (Å²) in [6.07, 6.45) is -2.27. The van der Waals surface area contributed by atoms with Gasteiger partial charge in [0, 0.05) is 21.6 Å². The maximum Gasteiger partial charge on any atom is 0.339 e. The maximum absolute atomic E-state index is 11.5. The molecule has 0 saturated carbocycles. The molecule has 0 heterocycles. The van der Waals surface area contributed by atoms with Crippen molar-refractivity contribution in [2.24, 2.45) is 0 Å². The highest BCUT2D eigenvalue weighted by molar-refractivity contribution is 9.09. The van der Waals surface area contributed by atoms with Crippen molar-refractivity contribution in [3.05, 3.63) is 28.3 Å². The summed E-state index contributed by atoms with van der Waals surface area (Å²) >= 11 is 8.97. The van der Waals surface area contributed by atoms with Crippen molar-refractivity contribution in [1.82, 2.24) is 0 Å². The largest absolute Gasteiger partial charge is 0.465 e. The Bertz CT molecular complexity index is 455. The van der Waals surface area contributed by atoms with Gasteiger partial charge in [0.2, 0.25) is 0 Å². The van der Waals surface area contributed by atoms with E-state index in [1.54, 1.807) is 0 Å². The van der Waals surface area contributed by atoms with Gasteiger partial charge in [-0.2, -0.15) is 0 Å². The van der Waals surface area contributed by atoms with Crippen LogP contribution in [0, 0.1) is 0 Å². The first kappa shape index (κ1) is 15.2. The molecule has 0 radical (unpaired) electrons. The van der Waals surface area contributed by atoms with Gasteiger partial charge in [-0.05, 0) is 12.1 Å². The Morgan fingerprint density at radius 1 is 1.56 bits per heavy atom. The van der Waals surface area contributed by atoms with E-state index in [1.807, 2.05) is 0 Å². The summed E-state index contributed by atoms with van der Waals surface area (Å²) in [6.45, 7) is 0. The highest BCUT2D eigenvalue weighted by atomic mass is 79.9. The number of hydrogen-bond acceptors (Lipinski definition) is 5. The lowest BCUT2D eigenvalue weighted by Crippen LogP contribution is -2.20. The average Bonchev–Trinajstić information content (AvgIpc) is 2.36. The van der Waals surface area contributed by atoms with Crippen LogP contribution in [0.4, 0.5) is 5.69 Å². The maximum atomic E-state index is 11.5. The monoisotopic (exact) mass is 337 g/mol. The standard InChI is InChI=1S/C11H13BrClNO4/c1-18-11(17)6-2-5(7(13)3-8(6)14)10(16)9(15)4-12/h2-3,9-10,15-16H,4,14H2,1H3. The molecule has 4 N–H and O–H groups in total. The summed E-state index contributed by atoms with van der Waals surface area (Å²) < 4.78 is 4.56. The van der Waals surface area contributed by atoms with Gasteiger partial charge in [-0.15, -0.1) is 0 Å². The molecule has 0 aliphatic carbocycles. The molecule has 18 heavy (non-hydrogen) atoms. The first-order valence-electron chi connectivity index (χ1n) is 5.01. The smallest absolute Gasteiger partial charge is 0.339 e. The number of methoxy groups -OCH3 is 1. The normalized spacial score (nSPS) is 14.1. The van der Waals surface area contributed by atoms with Crippen LogP contribution in [0.3, 0.4) is 0 Å². The molecule has 0 saturated heterocycles. The Labute approximate surface area is 118 Å². The lowest BCUT2D eigenvalue weighted by molar-refractivity contribution is 0.0342. The van der Waals surface area contributed by atoms with Gasteiger partial charge in [-0.1, -0.05) is 27.5 Å². The van der Waals surface area contributed by atoms with Gasteiger partial charge in [0.15, 0.2) is 0 Å². The third-order valence-corrected chi connectivity index (χ3v) is 3.41. The molecule has 5 nitrogen and oxygen atoms in total. The molecule has 0 aromatic heterocycles. The number of aliphatic hydroxyl groups is 2. The summed E-state index contributed by atoms with van der Waals surface area (Å²) in [6, 6.07) is 2.66. The third-order valence-electron chi connectivity index (χ3n) is 2.42. The second-order valence-corrected chi connectivity index (χ2v) is 4.67. The minimum Gasteiger partial charge on any atom is -0.465 e. The van der Waals surface area contributed by atoms with E-state index < -0.39 is 18.2 Å². The van der Waals surface area contributed by atoms with E-state index in [-0.39, 0.29) is 27.2 Å². The van der Waals surface area contributed by atoms with Gasteiger partial charge in [0.1, 0.15) is 6.10 Å². The second-order valence-electron chi connectivity index (χ2n) is 3.62. The number of rotatable bonds is 4. The van der Waals surface area contributed by atoms with Crippen molar-refractivity contribution in [3.8, 4) is 0 Å². The number of carbonyl (C=O) groups excluding carboxylic acids is 1.